The van der Waals surface area contributed by atoms with Crippen molar-refractivity contribution >= 4 is 23.5 Å². The number of pyridine rings is 1. The van der Waals surface area contributed by atoms with Crippen LogP contribution in [0.4, 0.5) is 5.82 Å². The van der Waals surface area contributed by atoms with Crippen molar-refractivity contribution in [2.45, 2.75) is 44.0 Å². The Labute approximate surface area is 144 Å². The van der Waals surface area contributed by atoms with Crippen LogP contribution < -0.4 is 15.5 Å². The Hall–Kier alpha value is -1.43. The van der Waals surface area contributed by atoms with Crippen LogP contribution in [0, 0.1) is 0 Å². The molecule has 0 bridgehead atoms. The van der Waals surface area contributed by atoms with E-state index >= 15 is 0 Å². The number of hydrogen-bond acceptors (Lipinski definition) is 4. The molecular formula is C17H29N5S. The summed E-state index contributed by atoms with van der Waals surface area (Å²) in [6.45, 7) is 3.65. The number of rotatable bonds is 6. The zero-order valence-electron chi connectivity index (χ0n) is 14.7. The van der Waals surface area contributed by atoms with Crippen molar-refractivity contribution in [3.05, 3.63) is 23.9 Å². The molecule has 128 valence electrons. The van der Waals surface area contributed by atoms with E-state index in [4.69, 9.17) is 4.99 Å². The minimum atomic E-state index is 0.542. The highest BCUT2D eigenvalue weighted by Gasteiger charge is 2.24. The lowest BCUT2D eigenvalue weighted by atomic mass is 10.2. The van der Waals surface area contributed by atoms with E-state index in [-0.39, 0.29) is 0 Å². The molecule has 1 aliphatic carbocycles. The fourth-order valence-electron chi connectivity index (χ4n) is 2.77. The molecule has 0 spiro atoms. The molecule has 5 nitrogen and oxygen atoms in total. The number of nitrogens with one attached hydrogen (secondary N) is 2. The van der Waals surface area contributed by atoms with Crippen LogP contribution in [-0.2, 0) is 6.54 Å². The zero-order chi connectivity index (χ0) is 16.7. The summed E-state index contributed by atoms with van der Waals surface area (Å²) >= 11 is 1.98. The van der Waals surface area contributed by atoms with Gasteiger partial charge in [0.05, 0.1) is 6.54 Å². The third-order valence-electron chi connectivity index (χ3n) is 4.09. The Kier molecular flexibility index (Phi) is 7.02. The highest BCUT2D eigenvalue weighted by molar-refractivity contribution is 7.99. The molecule has 2 N–H and O–H groups in total. The molecule has 0 saturated heterocycles. The zero-order valence-corrected chi connectivity index (χ0v) is 15.5. The number of anilines is 1. The summed E-state index contributed by atoms with van der Waals surface area (Å²) in [5.74, 6) is 1.89. The number of guanidine groups is 1. The van der Waals surface area contributed by atoms with Crippen molar-refractivity contribution in [2.75, 3.05) is 31.8 Å². The molecule has 1 saturated carbocycles. The number of nitrogens with zero attached hydrogens (tertiary/aromatic N) is 3. The number of thioether (sulfide) groups is 1. The third-order valence-corrected chi connectivity index (χ3v) is 5.19. The molecule has 2 atom stereocenters. The molecule has 0 aromatic carbocycles. The van der Waals surface area contributed by atoms with Crippen molar-refractivity contribution < 1.29 is 0 Å². The van der Waals surface area contributed by atoms with Crippen LogP contribution in [0.3, 0.4) is 0 Å². The van der Waals surface area contributed by atoms with Gasteiger partial charge in [0.2, 0.25) is 0 Å². The van der Waals surface area contributed by atoms with E-state index in [9.17, 15) is 0 Å². The summed E-state index contributed by atoms with van der Waals surface area (Å²) in [6, 6.07) is 4.66. The standard InChI is InChI=1S/C17H29N5S/c1-5-18-17(21-14-6-7-15(11-14)23-4)20-12-13-8-9-19-16(10-13)22(2)3/h8-10,14-15H,5-7,11-12H2,1-4H3,(H2,18,20,21). The third kappa shape index (κ3) is 5.61. The second-order valence-electron chi connectivity index (χ2n) is 6.12. The van der Waals surface area contributed by atoms with Gasteiger partial charge in [0.25, 0.3) is 0 Å². The Morgan fingerprint density at radius 2 is 2.26 bits per heavy atom. The van der Waals surface area contributed by atoms with Crippen molar-refractivity contribution in [1.29, 1.82) is 0 Å². The van der Waals surface area contributed by atoms with E-state index in [1.807, 2.05) is 43.0 Å². The van der Waals surface area contributed by atoms with Gasteiger partial charge in [-0.15, -0.1) is 0 Å². The fraction of sp³-hybridized carbons (Fsp3) is 0.647. The first-order valence-corrected chi connectivity index (χ1v) is 9.61. The Morgan fingerprint density at radius 3 is 2.91 bits per heavy atom. The summed E-state index contributed by atoms with van der Waals surface area (Å²) in [7, 11) is 4.01. The van der Waals surface area contributed by atoms with Crippen molar-refractivity contribution in [3.8, 4) is 0 Å². The van der Waals surface area contributed by atoms with Crippen LogP contribution in [0.15, 0.2) is 23.3 Å². The molecule has 1 aliphatic rings. The SMILES string of the molecule is CCNC(=NCc1ccnc(N(C)C)c1)NC1CCC(SC)C1. The van der Waals surface area contributed by atoms with Gasteiger partial charge in [0, 0.05) is 38.1 Å². The first kappa shape index (κ1) is 17.9. The maximum absolute atomic E-state index is 4.74. The molecule has 1 aromatic rings. The van der Waals surface area contributed by atoms with E-state index < -0.39 is 0 Å². The number of hydrogen-bond donors (Lipinski definition) is 2. The molecule has 1 aromatic heterocycles. The fourth-order valence-corrected chi connectivity index (χ4v) is 3.57. The van der Waals surface area contributed by atoms with Crippen molar-refractivity contribution in [3.63, 3.8) is 0 Å². The summed E-state index contributed by atoms with van der Waals surface area (Å²) in [6.07, 6.45) is 7.81. The average Bonchev–Trinajstić information content (AvgIpc) is 3.01. The van der Waals surface area contributed by atoms with E-state index in [0.29, 0.717) is 12.6 Å². The molecule has 23 heavy (non-hydrogen) atoms. The Bertz CT molecular complexity index is 517. The lowest BCUT2D eigenvalue weighted by Crippen LogP contribution is -2.42. The predicted molar refractivity (Wildman–Crippen MR) is 101 cm³/mol. The number of aromatic nitrogens is 1. The molecule has 1 fully saturated rings. The normalized spacial score (nSPS) is 21.3. The molecule has 0 amide bonds. The maximum atomic E-state index is 4.74. The summed E-state index contributed by atoms with van der Waals surface area (Å²) < 4.78 is 0. The van der Waals surface area contributed by atoms with Crippen LogP contribution in [0.5, 0.6) is 0 Å². The lowest BCUT2D eigenvalue weighted by Gasteiger charge is -2.17. The molecular weight excluding hydrogens is 306 g/mol. The van der Waals surface area contributed by atoms with E-state index in [0.717, 1.165) is 23.6 Å². The van der Waals surface area contributed by atoms with Gasteiger partial charge in [-0.1, -0.05) is 0 Å². The van der Waals surface area contributed by atoms with Crippen LogP contribution in [0.25, 0.3) is 0 Å². The largest absolute Gasteiger partial charge is 0.363 e. The molecule has 2 unspecified atom stereocenters. The second kappa shape index (κ2) is 9.01. The lowest BCUT2D eigenvalue weighted by molar-refractivity contribution is 0.615. The minimum absolute atomic E-state index is 0.542. The van der Waals surface area contributed by atoms with E-state index in [1.54, 1.807) is 0 Å². The first-order chi connectivity index (χ1) is 11.1. The summed E-state index contributed by atoms with van der Waals surface area (Å²) in [4.78, 5) is 11.1. The topological polar surface area (TPSA) is 52.6 Å². The first-order valence-electron chi connectivity index (χ1n) is 8.32. The highest BCUT2D eigenvalue weighted by atomic mass is 32.2. The van der Waals surface area contributed by atoms with Crippen molar-refractivity contribution in [1.82, 2.24) is 15.6 Å². The van der Waals surface area contributed by atoms with Gasteiger partial charge in [-0.3, -0.25) is 0 Å². The molecule has 1 heterocycles. The molecule has 0 radical (unpaired) electrons. The molecule has 2 rings (SSSR count). The van der Waals surface area contributed by atoms with Gasteiger partial charge in [-0.05, 0) is 50.1 Å². The van der Waals surface area contributed by atoms with Crippen LogP contribution in [-0.4, -0.2) is 49.1 Å². The van der Waals surface area contributed by atoms with Crippen LogP contribution in [0.1, 0.15) is 31.7 Å². The summed E-state index contributed by atoms with van der Waals surface area (Å²) in [5.41, 5.74) is 1.18. The van der Waals surface area contributed by atoms with E-state index in [2.05, 4.69) is 34.9 Å². The number of aliphatic imine (C=N–C) groups is 1. The van der Waals surface area contributed by atoms with Crippen LogP contribution in [0.2, 0.25) is 0 Å². The second-order valence-corrected chi connectivity index (χ2v) is 7.26. The van der Waals surface area contributed by atoms with Gasteiger partial charge in [0.1, 0.15) is 5.82 Å². The van der Waals surface area contributed by atoms with E-state index in [1.165, 1.54) is 24.8 Å². The maximum Gasteiger partial charge on any atom is 0.191 e. The Morgan fingerprint density at radius 1 is 1.43 bits per heavy atom. The summed E-state index contributed by atoms with van der Waals surface area (Å²) in [5, 5.41) is 7.73. The van der Waals surface area contributed by atoms with Gasteiger partial charge in [0.15, 0.2) is 5.96 Å². The minimum Gasteiger partial charge on any atom is -0.363 e. The van der Waals surface area contributed by atoms with Gasteiger partial charge < -0.3 is 15.5 Å². The van der Waals surface area contributed by atoms with Gasteiger partial charge >= 0.3 is 0 Å². The monoisotopic (exact) mass is 335 g/mol. The van der Waals surface area contributed by atoms with Crippen molar-refractivity contribution in [2.24, 2.45) is 4.99 Å². The Balaban J connectivity index is 1.97. The average molecular weight is 336 g/mol. The predicted octanol–water partition coefficient (Wildman–Crippen LogP) is 2.49. The smallest absolute Gasteiger partial charge is 0.191 e. The molecule has 6 heteroatoms. The van der Waals surface area contributed by atoms with Crippen LogP contribution >= 0.6 is 11.8 Å². The van der Waals surface area contributed by atoms with Gasteiger partial charge in [-0.25, -0.2) is 9.98 Å². The molecule has 0 aliphatic heterocycles. The highest BCUT2D eigenvalue weighted by Crippen LogP contribution is 2.28. The quantitative estimate of drug-likeness (QED) is 0.618. The van der Waals surface area contributed by atoms with Gasteiger partial charge in [-0.2, -0.15) is 11.8 Å².